The summed E-state index contributed by atoms with van der Waals surface area (Å²) in [6.45, 7) is 11.1. The molecule has 0 atom stereocenters. The van der Waals surface area contributed by atoms with Crippen molar-refractivity contribution in [2.75, 3.05) is 13.1 Å². The highest BCUT2D eigenvalue weighted by Crippen LogP contribution is 2.13. The van der Waals surface area contributed by atoms with Crippen molar-refractivity contribution >= 4 is 0 Å². The minimum absolute atomic E-state index is 0.655. The van der Waals surface area contributed by atoms with Crippen LogP contribution in [0.1, 0.15) is 39.4 Å². The van der Waals surface area contributed by atoms with Crippen molar-refractivity contribution < 1.29 is 0 Å². The molecule has 102 valence electrons. The normalized spacial score (nSPS) is 18.7. The SMILES string of the molecule is CCn1ccnc1CNC1CCN(C(C)C)CC1. The lowest BCUT2D eigenvalue weighted by atomic mass is 10.0. The number of piperidine rings is 1. The van der Waals surface area contributed by atoms with Crippen molar-refractivity contribution in [1.82, 2.24) is 19.8 Å². The number of imidazole rings is 1. The average Bonchev–Trinajstić information content (AvgIpc) is 2.84. The monoisotopic (exact) mass is 250 g/mol. The summed E-state index contributed by atoms with van der Waals surface area (Å²) >= 11 is 0. The molecule has 0 radical (unpaired) electrons. The van der Waals surface area contributed by atoms with Gasteiger partial charge < -0.3 is 14.8 Å². The first-order valence-electron chi connectivity index (χ1n) is 7.18. The van der Waals surface area contributed by atoms with E-state index >= 15 is 0 Å². The van der Waals surface area contributed by atoms with E-state index in [1.807, 2.05) is 6.20 Å². The maximum Gasteiger partial charge on any atom is 0.122 e. The van der Waals surface area contributed by atoms with Crippen molar-refractivity contribution in [3.63, 3.8) is 0 Å². The van der Waals surface area contributed by atoms with Crippen molar-refractivity contribution in [2.45, 2.75) is 58.8 Å². The standard InChI is InChI=1S/C14H26N4/c1-4-17-10-7-15-14(17)11-16-13-5-8-18(9-6-13)12(2)3/h7,10,12-13,16H,4-6,8-9,11H2,1-3H3. The molecule has 0 spiro atoms. The Morgan fingerprint density at radius 1 is 1.39 bits per heavy atom. The minimum Gasteiger partial charge on any atom is -0.334 e. The number of hydrogen-bond donors (Lipinski definition) is 1. The van der Waals surface area contributed by atoms with Crippen LogP contribution in [0, 0.1) is 0 Å². The van der Waals surface area contributed by atoms with E-state index in [2.05, 4.69) is 46.7 Å². The molecule has 0 bridgehead atoms. The van der Waals surface area contributed by atoms with Gasteiger partial charge in [-0.3, -0.25) is 0 Å². The molecule has 0 amide bonds. The van der Waals surface area contributed by atoms with Gasteiger partial charge in [-0.15, -0.1) is 0 Å². The van der Waals surface area contributed by atoms with Crippen LogP contribution in [0.15, 0.2) is 12.4 Å². The number of nitrogens with zero attached hydrogens (tertiary/aromatic N) is 3. The molecule has 0 aromatic carbocycles. The average molecular weight is 250 g/mol. The zero-order chi connectivity index (χ0) is 13.0. The number of nitrogens with one attached hydrogen (secondary N) is 1. The van der Waals surface area contributed by atoms with E-state index in [1.165, 1.54) is 25.9 Å². The third-order valence-corrected chi connectivity index (χ3v) is 3.95. The van der Waals surface area contributed by atoms with Crippen LogP contribution in [0.3, 0.4) is 0 Å². The van der Waals surface area contributed by atoms with E-state index in [0.717, 1.165) is 18.9 Å². The molecule has 0 aliphatic carbocycles. The maximum absolute atomic E-state index is 4.40. The van der Waals surface area contributed by atoms with Crippen LogP contribution in [-0.4, -0.2) is 39.6 Å². The van der Waals surface area contributed by atoms with Gasteiger partial charge in [-0.05, 0) is 46.7 Å². The number of aryl methyl sites for hydroxylation is 1. The van der Waals surface area contributed by atoms with Gasteiger partial charge in [-0.25, -0.2) is 4.98 Å². The molecule has 4 nitrogen and oxygen atoms in total. The quantitative estimate of drug-likeness (QED) is 0.866. The lowest BCUT2D eigenvalue weighted by Crippen LogP contribution is -2.44. The molecule has 2 rings (SSSR count). The van der Waals surface area contributed by atoms with Crippen LogP contribution in [0.4, 0.5) is 0 Å². The molecule has 4 heteroatoms. The Kier molecular flexibility index (Phi) is 4.78. The number of rotatable bonds is 5. The van der Waals surface area contributed by atoms with Crippen LogP contribution >= 0.6 is 0 Å². The lowest BCUT2D eigenvalue weighted by Gasteiger charge is -2.34. The van der Waals surface area contributed by atoms with Gasteiger partial charge in [0.05, 0.1) is 6.54 Å². The molecule has 0 unspecified atom stereocenters. The second-order valence-electron chi connectivity index (χ2n) is 5.41. The third kappa shape index (κ3) is 3.33. The highest BCUT2D eigenvalue weighted by Gasteiger charge is 2.20. The zero-order valence-corrected chi connectivity index (χ0v) is 11.9. The first-order chi connectivity index (χ1) is 8.70. The Morgan fingerprint density at radius 2 is 2.11 bits per heavy atom. The fourth-order valence-corrected chi connectivity index (χ4v) is 2.65. The summed E-state index contributed by atoms with van der Waals surface area (Å²) in [5, 5.41) is 3.65. The molecule has 1 fully saturated rings. The molecule has 1 aromatic heterocycles. The van der Waals surface area contributed by atoms with E-state index in [9.17, 15) is 0 Å². The van der Waals surface area contributed by atoms with E-state index in [1.54, 1.807) is 0 Å². The Labute approximate surface area is 110 Å². The summed E-state index contributed by atoms with van der Waals surface area (Å²) in [6.07, 6.45) is 6.45. The molecule has 1 aromatic rings. The molecule has 18 heavy (non-hydrogen) atoms. The van der Waals surface area contributed by atoms with Gasteiger partial charge in [-0.1, -0.05) is 0 Å². The van der Waals surface area contributed by atoms with Gasteiger partial charge in [0.15, 0.2) is 0 Å². The molecular formula is C14H26N4. The second kappa shape index (κ2) is 6.34. The fraction of sp³-hybridized carbons (Fsp3) is 0.786. The van der Waals surface area contributed by atoms with E-state index in [4.69, 9.17) is 0 Å². The van der Waals surface area contributed by atoms with Crippen LogP contribution in [0.25, 0.3) is 0 Å². The van der Waals surface area contributed by atoms with Crippen LogP contribution in [0.5, 0.6) is 0 Å². The highest BCUT2D eigenvalue weighted by atomic mass is 15.2. The summed E-state index contributed by atoms with van der Waals surface area (Å²) in [5.41, 5.74) is 0. The molecule has 1 saturated heterocycles. The lowest BCUT2D eigenvalue weighted by molar-refractivity contribution is 0.160. The summed E-state index contributed by atoms with van der Waals surface area (Å²) in [5.74, 6) is 1.16. The second-order valence-corrected chi connectivity index (χ2v) is 5.41. The van der Waals surface area contributed by atoms with Gasteiger partial charge in [0, 0.05) is 31.0 Å². The smallest absolute Gasteiger partial charge is 0.122 e. The van der Waals surface area contributed by atoms with Crippen molar-refractivity contribution in [1.29, 1.82) is 0 Å². The van der Waals surface area contributed by atoms with Crippen LogP contribution in [0.2, 0.25) is 0 Å². The van der Waals surface area contributed by atoms with Gasteiger partial charge >= 0.3 is 0 Å². The van der Waals surface area contributed by atoms with Gasteiger partial charge in [0.25, 0.3) is 0 Å². The van der Waals surface area contributed by atoms with Crippen molar-refractivity contribution in [3.05, 3.63) is 18.2 Å². The number of hydrogen-bond acceptors (Lipinski definition) is 3. The first kappa shape index (κ1) is 13.6. The van der Waals surface area contributed by atoms with E-state index < -0.39 is 0 Å². The summed E-state index contributed by atoms with van der Waals surface area (Å²) in [7, 11) is 0. The largest absolute Gasteiger partial charge is 0.334 e. The third-order valence-electron chi connectivity index (χ3n) is 3.95. The summed E-state index contributed by atoms with van der Waals surface area (Å²) in [6, 6.07) is 1.34. The number of aromatic nitrogens is 2. The predicted octanol–water partition coefficient (Wildman–Crippen LogP) is 1.87. The van der Waals surface area contributed by atoms with E-state index in [-0.39, 0.29) is 0 Å². The predicted molar refractivity (Wildman–Crippen MR) is 74.5 cm³/mol. The Balaban J connectivity index is 1.75. The molecular weight excluding hydrogens is 224 g/mol. The Hall–Kier alpha value is -0.870. The van der Waals surface area contributed by atoms with Crippen molar-refractivity contribution in [2.24, 2.45) is 0 Å². The number of likely N-dealkylation sites (tertiary alicyclic amines) is 1. The Morgan fingerprint density at radius 3 is 2.72 bits per heavy atom. The molecule has 1 N–H and O–H groups in total. The molecule has 1 aliphatic heterocycles. The van der Waals surface area contributed by atoms with Gasteiger partial charge in [0.1, 0.15) is 5.82 Å². The Bertz CT molecular complexity index is 350. The van der Waals surface area contributed by atoms with Crippen molar-refractivity contribution in [3.8, 4) is 0 Å². The van der Waals surface area contributed by atoms with Crippen LogP contribution in [-0.2, 0) is 13.1 Å². The fourth-order valence-electron chi connectivity index (χ4n) is 2.65. The summed E-state index contributed by atoms with van der Waals surface area (Å²) < 4.78 is 2.20. The molecule has 1 aliphatic rings. The minimum atomic E-state index is 0.655. The topological polar surface area (TPSA) is 33.1 Å². The molecule has 2 heterocycles. The molecule has 0 saturated carbocycles. The van der Waals surface area contributed by atoms with Gasteiger partial charge in [0.2, 0.25) is 0 Å². The van der Waals surface area contributed by atoms with E-state index in [0.29, 0.717) is 12.1 Å². The maximum atomic E-state index is 4.40. The first-order valence-corrected chi connectivity index (χ1v) is 7.18. The van der Waals surface area contributed by atoms with Crippen LogP contribution < -0.4 is 5.32 Å². The van der Waals surface area contributed by atoms with Gasteiger partial charge in [-0.2, -0.15) is 0 Å². The highest BCUT2D eigenvalue weighted by molar-refractivity contribution is 4.92. The summed E-state index contributed by atoms with van der Waals surface area (Å²) in [4.78, 5) is 6.97. The zero-order valence-electron chi connectivity index (χ0n) is 11.9.